The van der Waals surface area contributed by atoms with Gasteiger partial charge in [-0.25, -0.2) is 8.42 Å². The SMILES string of the molecule is CN=C(NCCS(=O)(=O)C(C)(C)C)NC1CCN(CC(F)(F)F)C1. The van der Waals surface area contributed by atoms with Crippen LogP contribution in [0.1, 0.15) is 27.2 Å². The minimum absolute atomic E-state index is 0.0396. The highest BCUT2D eigenvalue weighted by Crippen LogP contribution is 2.20. The van der Waals surface area contributed by atoms with Crippen molar-refractivity contribution >= 4 is 15.8 Å². The second-order valence-electron chi connectivity index (χ2n) is 6.91. The molecule has 1 unspecified atom stereocenters. The van der Waals surface area contributed by atoms with Crippen molar-refractivity contribution in [3.63, 3.8) is 0 Å². The van der Waals surface area contributed by atoms with Crippen LogP contribution in [0.2, 0.25) is 0 Å². The summed E-state index contributed by atoms with van der Waals surface area (Å²) in [5.74, 6) is 0.361. The molecule has 1 fully saturated rings. The van der Waals surface area contributed by atoms with Crippen LogP contribution >= 0.6 is 0 Å². The van der Waals surface area contributed by atoms with E-state index >= 15 is 0 Å². The van der Waals surface area contributed by atoms with E-state index in [1.165, 1.54) is 11.9 Å². The summed E-state index contributed by atoms with van der Waals surface area (Å²) in [4.78, 5) is 5.33. The molecule has 1 saturated heterocycles. The first-order valence-corrected chi connectivity index (χ1v) is 9.48. The second kappa shape index (κ2) is 7.90. The standard InChI is InChI=1S/C14H27F3N4O2S/c1-13(2,3)24(22,23)8-6-19-12(18-4)20-11-5-7-21(9-11)10-14(15,16)17/h11H,5-10H2,1-4H3,(H2,18,19,20). The van der Waals surface area contributed by atoms with E-state index in [0.29, 0.717) is 18.9 Å². The minimum Gasteiger partial charge on any atom is -0.355 e. The molecule has 1 rings (SSSR count). The van der Waals surface area contributed by atoms with Gasteiger partial charge in [-0.3, -0.25) is 9.89 Å². The number of hydrogen-bond donors (Lipinski definition) is 2. The van der Waals surface area contributed by atoms with Gasteiger partial charge in [0.1, 0.15) is 0 Å². The van der Waals surface area contributed by atoms with Crippen LogP contribution in [0.5, 0.6) is 0 Å². The molecular weight excluding hydrogens is 345 g/mol. The molecule has 1 aliphatic rings. The van der Waals surface area contributed by atoms with Gasteiger partial charge in [0.05, 0.1) is 17.0 Å². The predicted molar refractivity (Wildman–Crippen MR) is 88.9 cm³/mol. The van der Waals surface area contributed by atoms with E-state index in [1.54, 1.807) is 20.8 Å². The van der Waals surface area contributed by atoms with Crippen molar-refractivity contribution in [2.24, 2.45) is 4.99 Å². The number of likely N-dealkylation sites (tertiary alicyclic amines) is 1. The first kappa shape index (κ1) is 21.0. The van der Waals surface area contributed by atoms with Crippen LogP contribution in [0.3, 0.4) is 0 Å². The molecule has 10 heteroatoms. The van der Waals surface area contributed by atoms with Crippen LogP contribution in [0.4, 0.5) is 13.2 Å². The molecule has 0 aromatic heterocycles. The molecule has 0 aliphatic carbocycles. The fraction of sp³-hybridized carbons (Fsp3) is 0.929. The van der Waals surface area contributed by atoms with E-state index in [0.717, 1.165) is 0 Å². The number of guanidine groups is 1. The molecule has 0 amide bonds. The Kier molecular flexibility index (Phi) is 6.92. The normalized spacial score (nSPS) is 21.1. The first-order valence-electron chi connectivity index (χ1n) is 7.82. The van der Waals surface area contributed by atoms with Gasteiger partial charge in [0.25, 0.3) is 0 Å². The number of alkyl halides is 3. The Morgan fingerprint density at radius 2 is 1.92 bits per heavy atom. The number of sulfone groups is 1. The molecule has 2 N–H and O–H groups in total. The van der Waals surface area contributed by atoms with Crippen LogP contribution in [0.15, 0.2) is 4.99 Å². The number of aliphatic imine (C=N–C) groups is 1. The van der Waals surface area contributed by atoms with Gasteiger partial charge in [0.2, 0.25) is 0 Å². The zero-order valence-electron chi connectivity index (χ0n) is 14.6. The lowest BCUT2D eigenvalue weighted by atomic mass is 10.3. The van der Waals surface area contributed by atoms with Crippen LogP contribution in [-0.4, -0.2) is 75.2 Å². The summed E-state index contributed by atoms with van der Waals surface area (Å²) >= 11 is 0. The van der Waals surface area contributed by atoms with Crippen molar-refractivity contribution in [2.75, 3.05) is 39.0 Å². The number of hydrogen-bond acceptors (Lipinski definition) is 4. The fourth-order valence-electron chi connectivity index (χ4n) is 2.35. The zero-order chi connectivity index (χ0) is 18.6. The Morgan fingerprint density at radius 3 is 2.42 bits per heavy atom. The minimum atomic E-state index is -4.20. The molecular formula is C14H27F3N4O2S. The lowest BCUT2D eigenvalue weighted by Gasteiger charge is -2.21. The monoisotopic (exact) mass is 372 g/mol. The average molecular weight is 372 g/mol. The highest BCUT2D eigenvalue weighted by Gasteiger charge is 2.34. The Bertz CT molecular complexity index is 541. The molecule has 142 valence electrons. The molecule has 1 atom stereocenters. The molecule has 0 aromatic carbocycles. The van der Waals surface area contributed by atoms with E-state index in [-0.39, 0.29) is 24.9 Å². The summed E-state index contributed by atoms with van der Waals surface area (Å²) in [7, 11) is -1.70. The maximum Gasteiger partial charge on any atom is 0.401 e. The van der Waals surface area contributed by atoms with Gasteiger partial charge in [0.15, 0.2) is 15.8 Å². The van der Waals surface area contributed by atoms with Crippen molar-refractivity contribution in [3.05, 3.63) is 0 Å². The van der Waals surface area contributed by atoms with Gasteiger partial charge in [-0.1, -0.05) is 0 Å². The van der Waals surface area contributed by atoms with Crippen LogP contribution in [0, 0.1) is 0 Å². The Labute approximate surface area is 141 Å². The summed E-state index contributed by atoms with van der Waals surface area (Å²) in [6, 6.07) is -0.141. The highest BCUT2D eigenvalue weighted by molar-refractivity contribution is 7.92. The quantitative estimate of drug-likeness (QED) is 0.556. The van der Waals surface area contributed by atoms with Gasteiger partial charge in [0, 0.05) is 32.7 Å². The van der Waals surface area contributed by atoms with Gasteiger partial charge in [-0.15, -0.1) is 0 Å². The lowest BCUT2D eigenvalue weighted by Crippen LogP contribution is -2.47. The van der Waals surface area contributed by atoms with E-state index < -0.39 is 27.3 Å². The lowest BCUT2D eigenvalue weighted by molar-refractivity contribution is -0.143. The van der Waals surface area contributed by atoms with E-state index in [9.17, 15) is 21.6 Å². The van der Waals surface area contributed by atoms with Crippen molar-refractivity contribution in [3.8, 4) is 0 Å². The fourth-order valence-corrected chi connectivity index (χ4v) is 3.33. The number of nitrogens with zero attached hydrogens (tertiary/aromatic N) is 2. The van der Waals surface area contributed by atoms with E-state index in [1.807, 2.05) is 0 Å². The summed E-state index contributed by atoms with van der Waals surface area (Å²) in [6.45, 7) is 4.85. The predicted octanol–water partition coefficient (Wildman–Crippen LogP) is 1.00. The number of rotatable bonds is 5. The average Bonchev–Trinajstić information content (AvgIpc) is 2.81. The number of nitrogens with one attached hydrogen (secondary N) is 2. The summed E-state index contributed by atoms with van der Waals surface area (Å²) in [6.07, 6.45) is -3.62. The molecule has 0 spiro atoms. The Hall–Kier alpha value is -1.03. The van der Waals surface area contributed by atoms with Crippen LogP contribution in [0.25, 0.3) is 0 Å². The Morgan fingerprint density at radius 1 is 1.29 bits per heavy atom. The van der Waals surface area contributed by atoms with E-state index in [4.69, 9.17) is 0 Å². The van der Waals surface area contributed by atoms with Crippen LogP contribution in [-0.2, 0) is 9.84 Å². The molecule has 1 heterocycles. The number of halogens is 3. The molecule has 0 bridgehead atoms. The highest BCUT2D eigenvalue weighted by atomic mass is 32.2. The molecule has 1 aliphatic heterocycles. The smallest absolute Gasteiger partial charge is 0.355 e. The Balaban J connectivity index is 2.42. The maximum atomic E-state index is 12.4. The third kappa shape index (κ3) is 6.84. The maximum absolute atomic E-state index is 12.4. The van der Waals surface area contributed by atoms with Crippen LogP contribution < -0.4 is 10.6 Å². The topological polar surface area (TPSA) is 73.8 Å². The third-order valence-electron chi connectivity index (χ3n) is 3.84. The molecule has 24 heavy (non-hydrogen) atoms. The first-order chi connectivity index (χ1) is 10.8. The molecule has 0 radical (unpaired) electrons. The van der Waals surface area contributed by atoms with Gasteiger partial charge in [-0.05, 0) is 27.2 Å². The van der Waals surface area contributed by atoms with Gasteiger partial charge >= 0.3 is 6.18 Å². The van der Waals surface area contributed by atoms with Crippen molar-refractivity contribution in [1.82, 2.24) is 15.5 Å². The van der Waals surface area contributed by atoms with Crippen molar-refractivity contribution < 1.29 is 21.6 Å². The van der Waals surface area contributed by atoms with E-state index in [2.05, 4.69) is 15.6 Å². The third-order valence-corrected chi connectivity index (χ3v) is 6.44. The van der Waals surface area contributed by atoms with Crippen molar-refractivity contribution in [2.45, 2.75) is 44.2 Å². The molecule has 6 nitrogen and oxygen atoms in total. The molecule has 0 saturated carbocycles. The zero-order valence-corrected chi connectivity index (χ0v) is 15.4. The second-order valence-corrected chi connectivity index (χ2v) is 9.77. The summed E-state index contributed by atoms with van der Waals surface area (Å²) in [5.41, 5.74) is 0. The molecule has 0 aromatic rings. The van der Waals surface area contributed by atoms with Gasteiger partial charge < -0.3 is 10.6 Å². The summed E-state index contributed by atoms with van der Waals surface area (Å²) in [5, 5.41) is 5.95. The summed E-state index contributed by atoms with van der Waals surface area (Å²) < 4.78 is 60.4. The largest absolute Gasteiger partial charge is 0.401 e. The van der Waals surface area contributed by atoms with Crippen molar-refractivity contribution in [1.29, 1.82) is 0 Å². The van der Waals surface area contributed by atoms with Gasteiger partial charge in [-0.2, -0.15) is 13.2 Å².